The van der Waals surface area contributed by atoms with Gasteiger partial charge in [0.15, 0.2) is 12.0 Å². The van der Waals surface area contributed by atoms with Crippen LogP contribution in [0.15, 0.2) is 16.7 Å². The van der Waals surface area contributed by atoms with Crippen LogP contribution in [-0.2, 0) is 4.79 Å². The number of thiazole rings is 1. The molecule has 1 aliphatic rings. The van der Waals surface area contributed by atoms with Crippen molar-refractivity contribution in [2.24, 2.45) is 4.99 Å². The Morgan fingerprint density at radius 2 is 2.40 bits per heavy atom. The van der Waals surface area contributed by atoms with Crippen LogP contribution in [-0.4, -0.2) is 22.9 Å². The predicted molar refractivity (Wildman–Crippen MR) is 58.7 cm³/mol. The molecule has 2 rings (SSSR count). The van der Waals surface area contributed by atoms with Crippen molar-refractivity contribution in [2.75, 3.05) is 0 Å². The van der Waals surface area contributed by atoms with E-state index in [0.29, 0.717) is 5.96 Å². The molecule has 1 amide bonds. The molecule has 0 saturated carbocycles. The number of aliphatic imine (C=N–C) groups is 1. The largest absolute Gasteiger partial charge is 0.354 e. The Morgan fingerprint density at radius 3 is 3.00 bits per heavy atom. The maximum atomic E-state index is 11.6. The molecule has 5 nitrogen and oxygen atoms in total. The van der Waals surface area contributed by atoms with Crippen LogP contribution in [0.3, 0.4) is 0 Å². The Balaban J connectivity index is 2.14. The number of nitrogens with one attached hydrogen (secondary N) is 2. The van der Waals surface area contributed by atoms with E-state index in [1.165, 1.54) is 11.3 Å². The first-order valence-corrected chi connectivity index (χ1v) is 5.58. The summed E-state index contributed by atoms with van der Waals surface area (Å²) >= 11 is 1.44. The SMILES string of the molecule is CC(C)NC1=NC(c2cncs2)C(=O)N1. The summed E-state index contributed by atoms with van der Waals surface area (Å²) in [6.07, 6.45) is 1.68. The van der Waals surface area contributed by atoms with E-state index in [1.54, 1.807) is 11.7 Å². The van der Waals surface area contributed by atoms with Crippen LogP contribution in [0, 0.1) is 0 Å². The van der Waals surface area contributed by atoms with Crippen LogP contribution < -0.4 is 10.6 Å². The summed E-state index contributed by atoms with van der Waals surface area (Å²) in [7, 11) is 0. The van der Waals surface area contributed by atoms with Crippen molar-refractivity contribution >= 4 is 23.2 Å². The second-order valence-corrected chi connectivity index (χ2v) is 4.49. The highest BCUT2D eigenvalue weighted by molar-refractivity contribution is 7.09. The highest BCUT2D eigenvalue weighted by Gasteiger charge is 2.28. The summed E-state index contributed by atoms with van der Waals surface area (Å²) < 4.78 is 0. The highest BCUT2D eigenvalue weighted by Crippen LogP contribution is 2.23. The molecule has 1 unspecified atom stereocenters. The van der Waals surface area contributed by atoms with Crippen molar-refractivity contribution in [1.29, 1.82) is 0 Å². The van der Waals surface area contributed by atoms with Crippen molar-refractivity contribution in [3.63, 3.8) is 0 Å². The third kappa shape index (κ3) is 2.15. The molecular formula is C9H12N4OS. The van der Waals surface area contributed by atoms with Gasteiger partial charge < -0.3 is 5.32 Å². The molecule has 1 aliphatic heterocycles. The molecule has 80 valence electrons. The summed E-state index contributed by atoms with van der Waals surface area (Å²) in [5, 5.41) is 5.77. The number of aromatic nitrogens is 1. The van der Waals surface area contributed by atoms with Crippen LogP contribution in [0.25, 0.3) is 0 Å². The van der Waals surface area contributed by atoms with E-state index < -0.39 is 6.04 Å². The summed E-state index contributed by atoms with van der Waals surface area (Å²) in [5.41, 5.74) is 1.70. The minimum Gasteiger partial charge on any atom is -0.354 e. The molecule has 6 heteroatoms. The second kappa shape index (κ2) is 3.98. The van der Waals surface area contributed by atoms with Gasteiger partial charge in [-0.15, -0.1) is 11.3 Å². The van der Waals surface area contributed by atoms with Gasteiger partial charge in [0.05, 0.1) is 10.4 Å². The second-order valence-electron chi connectivity index (χ2n) is 3.57. The Morgan fingerprint density at radius 1 is 1.60 bits per heavy atom. The number of carbonyl (C=O) groups is 1. The Labute approximate surface area is 91.6 Å². The summed E-state index contributed by atoms with van der Waals surface area (Å²) in [6.45, 7) is 3.99. The molecule has 0 radical (unpaired) electrons. The van der Waals surface area contributed by atoms with Gasteiger partial charge in [-0.25, -0.2) is 4.99 Å². The van der Waals surface area contributed by atoms with Gasteiger partial charge in [0.2, 0.25) is 0 Å². The first-order valence-electron chi connectivity index (χ1n) is 4.70. The van der Waals surface area contributed by atoms with Gasteiger partial charge >= 0.3 is 0 Å². The van der Waals surface area contributed by atoms with Gasteiger partial charge in [-0.2, -0.15) is 0 Å². The van der Waals surface area contributed by atoms with Crippen LogP contribution in [0.1, 0.15) is 24.8 Å². The normalized spacial score (nSPS) is 20.3. The zero-order valence-electron chi connectivity index (χ0n) is 8.52. The van der Waals surface area contributed by atoms with Gasteiger partial charge in [0, 0.05) is 12.2 Å². The van der Waals surface area contributed by atoms with Crippen LogP contribution in [0.4, 0.5) is 0 Å². The van der Waals surface area contributed by atoms with E-state index in [-0.39, 0.29) is 11.9 Å². The van der Waals surface area contributed by atoms with Gasteiger partial charge in [-0.1, -0.05) is 0 Å². The number of hydrogen-bond donors (Lipinski definition) is 2. The molecule has 2 N–H and O–H groups in total. The smallest absolute Gasteiger partial charge is 0.257 e. The Bertz CT molecular complexity index is 385. The van der Waals surface area contributed by atoms with Crippen LogP contribution >= 0.6 is 11.3 Å². The number of nitrogens with zero attached hydrogens (tertiary/aromatic N) is 2. The molecular weight excluding hydrogens is 212 g/mol. The van der Waals surface area contributed by atoms with Gasteiger partial charge in [-0.3, -0.25) is 15.1 Å². The lowest BCUT2D eigenvalue weighted by atomic mass is 10.3. The number of carbonyl (C=O) groups excluding carboxylic acids is 1. The summed E-state index contributed by atoms with van der Waals surface area (Å²) in [6, 6.07) is -0.178. The number of amides is 1. The van der Waals surface area contributed by atoms with E-state index in [4.69, 9.17) is 0 Å². The fourth-order valence-electron chi connectivity index (χ4n) is 1.31. The molecule has 0 fully saturated rings. The Kier molecular flexibility index (Phi) is 2.68. The van der Waals surface area contributed by atoms with E-state index in [1.807, 2.05) is 13.8 Å². The standard InChI is InChI=1S/C9H12N4OS/c1-5(2)11-9-12-7(8(14)13-9)6-3-10-4-15-6/h3-5,7H,1-2H3,(H2,11,12,13,14). The first-order chi connectivity index (χ1) is 7.16. The molecule has 15 heavy (non-hydrogen) atoms. The van der Waals surface area contributed by atoms with Gasteiger partial charge in [0.25, 0.3) is 5.91 Å². The monoisotopic (exact) mass is 224 g/mol. The predicted octanol–water partition coefficient (Wildman–Crippen LogP) is 0.668. The first kappa shape index (κ1) is 10.1. The topological polar surface area (TPSA) is 66.4 Å². The average Bonchev–Trinajstić information content (AvgIpc) is 2.72. The minimum atomic E-state index is -0.432. The third-order valence-corrected chi connectivity index (χ3v) is 2.72. The van der Waals surface area contributed by atoms with E-state index in [0.717, 1.165) is 4.88 Å². The van der Waals surface area contributed by atoms with Crippen LogP contribution in [0.5, 0.6) is 0 Å². The fourth-order valence-corrected chi connectivity index (χ4v) is 1.96. The molecule has 0 spiro atoms. The van der Waals surface area contributed by atoms with Crippen molar-refractivity contribution in [3.8, 4) is 0 Å². The molecule has 0 saturated heterocycles. The van der Waals surface area contributed by atoms with E-state index in [9.17, 15) is 4.79 Å². The molecule has 2 heterocycles. The molecule has 1 aromatic heterocycles. The average molecular weight is 224 g/mol. The van der Waals surface area contributed by atoms with Crippen molar-refractivity contribution in [2.45, 2.75) is 25.9 Å². The minimum absolute atomic E-state index is 0.0950. The lowest BCUT2D eigenvalue weighted by molar-refractivity contribution is -0.120. The third-order valence-electron chi connectivity index (χ3n) is 1.89. The lowest BCUT2D eigenvalue weighted by Crippen LogP contribution is -2.40. The molecule has 1 atom stereocenters. The van der Waals surface area contributed by atoms with Crippen molar-refractivity contribution < 1.29 is 4.79 Å². The zero-order valence-corrected chi connectivity index (χ0v) is 9.34. The number of rotatable bonds is 2. The molecule has 0 aliphatic carbocycles. The zero-order chi connectivity index (χ0) is 10.8. The highest BCUT2D eigenvalue weighted by atomic mass is 32.1. The molecule has 1 aromatic rings. The lowest BCUT2D eigenvalue weighted by Gasteiger charge is -2.07. The van der Waals surface area contributed by atoms with Gasteiger partial charge in [0.1, 0.15) is 0 Å². The summed E-state index contributed by atoms with van der Waals surface area (Å²) in [5.74, 6) is 0.454. The fraction of sp³-hybridized carbons (Fsp3) is 0.444. The van der Waals surface area contributed by atoms with Crippen molar-refractivity contribution in [3.05, 3.63) is 16.6 Å². The van der Waals surface area contributed by atoms with E-state index in [2.05, 4.69) is 20.6 Å². The van der Waals surface area contributed by atoms with Crippen molar-refractivity contribution in [1.82, 2.24) is 15.6 Å². The van der Waals surface area contributed by atoms with Gasteiger partial charge in [-0.05, 0) is 13.8 Å². The number of guanidine groups is 1. The van der Waals surface area contributed by atoms with E-state index >= 15 is 0 Å². The maximum Gasteiger partial charge on any atom is 0.257 e. The quantitative estimate of drug-likeness (QED) is 0.776. The Hall–Kier alpha value is -1.43. The number of hydrogen-bond acceptors (Lipinski definition) is 5. The van der Waals surface area contributed by atoms with Crippen LogP contribution in [0.2, 0.25) is 0 Å². The summed E-state index contributed by atoms with van der Waals surface area (Å²) in [4.78, 5) is 20.6. The maximum absolute atomic E-state index is 11.6. The molecule has 0 bridgehead atoms. The molecule has 0 aromatic carbocycles.